The highest BCUT2D eigenvalue weighted by molar-refractivity contribution is 5.28. The summed E-state index contributed by atoms with van der Waals surface area (Å²) < 4.78 is 13.4. The number of hydrogen-bond acceptors (Lipinski definition) is 2. The molecule has 0 saturated carbocycles. The summed E-state index contributed by atoms with van der Waals surface area (Å²) in [6.07, 6.45) is -0.772. The van der Waals surface area contributed by atoms with Gasteiger partial charge in [0.15, 0.2) is 0 Å². The number of hydrogen-bond donors (Lipinski definition) is 2. The summed E-state index contributed by atoms with van der Waals surface area (Å²) in [5.74, 6) is -0.121. The van der Waals surface area contributed by atoms with Crippen LogP contribution in [0.25, 0.3) is 0 Å². The number of nitrogens with two attached hydrogens (primary N) is 1. The van der Waals surface area contributed by atoms with Crippen LogP contribution >= 0.6 is 0 Å². The van der Waals surface area contributed by atoms with E-state index in [1.165, 1.54) is 6.07 Å². The average Bonchev–Trinajstić information content (AvgIpc) is 2.15. The SMILES string of the molecule is CC(C)c1ccc(C(O)CN)cc1F. The first kappa shape index (κ1) is 11.1. The molecule has 0 aromatic heterocycles. The normalized spacial score (nSPS) is 13.3. The Kier molecular flexibility index (Phi) is 3.61. The van der Waals surface area contributed by atoms with E-state index in [9.17, 15) is 9.50 Å². The van der Waals surface area contributed by atoms with Gasteiger partial charge in [0.2, 0.25) is 0 Å². The van der Waals surface area contributed by atoms with Crippen LogP contribution in [0.2, 0.25) is 0 Å². The Morgan fingerprint density at radius 1 is 1.43 bits per heavy atom. The Balaban J connectivity index is 3.00. The minimum atomic E-state index is -0.772. The van der Waals surface area contributed by atoms with Crippen molar-refractivity contribution in [3.8, 4) is 0 Å². The largest absolute Gasteiger partial charge is 0.387 e. The zero-order chi connectivity index (χ0) is 10.7. The molecule has 1 rings (SSSR count). The van der Waals surface area contributed by atoms with Gasteiger partial charge in [0.1, 0.15) is 5.82 Å². The molecule has 0 amide bonds. The van der Waals surface area contributed by atoms with E-state index in [0.29, 0.717) is 11.1 Å². The molecule has 0 radical (unpaired) electrons. The number of benzene rings is 1. The van der Waals surface area contributed by atoms with Crippen LogP contribution in [-0.4, -0.2) is 11.7 Å². The van der Waals surface area contributed by atoms with Crippen molar-refractivity contribution in [2.45, 2.75) is 25.9 Å². The van der Waals surface area contributed by atoms with Gasteiger partial charge in [-0.2, -0.15) is 0 Å². The van der Waals surface area contributed by atoms with Gasteiger partial charge >= 0.3 is 0 Å². The van der Waals surface area contributed by atoms with Gasteiger partial charge in [0.25, 0.3) is 0 Å². The molecule has 1 unspecified atom stereocenters. The van der Waals surface area contributed by atoms with Crippen LogP contribution < -0.4 is 5.73 Å². The second-order valence-electron chi connectivity index (χ2n) is 3.69. The van der Waals surface area contributed by atoms with E-state index in [1.54, 1.807) is 12.1 Å². The first-order valence-corrected chi connectivity index (χ1v) is 4.73. The molecule has 0 aliphatic carbocycles. The zero-order valence-electron chi connectivity index (χ0n) is 8.50. The first-order chi connectivity index (χ1) is 6.56. The van der Waals surface area contributed by atoms with Crippen LogP contribution in [0.15, 0.2) is 18.2 Å². The van der Waals surface area contributed by atoms with Crippen molar-refractivity contribution in [3.63, 3.8) is 0 Å². The van der Waals surface area contributed by atoms with E-state index in [-0.39, 0.29) is 18.3 Å². The molecular formula is C11H16FNO. The van der Waals surface area contributed by atoms with Crippen LogP contribution in [0, 0.1) is 5.82 Å². The van der Waals surface area contributed by atoms with Crippen LogP contribution in [0.5, 0.6) is 0 Å². The van der Waals surface area contributed by atoms with Crippen molar-refractivity contribution < 1.29 is 9.50 Å². The monoisotopic (exact) mass is 197 g/mol. The van der Waals surface area contributed by atoms with Gasteiger partial charge in [-0.3, -0.25) is 0 Å². The van der Waals surface area contributed by atoms with Crippen molar-refractivity contribution in [1.29, 1.82) is 0 Å². The average molecular weight is 197 g/mol. The fourth-order valence-electron chi connectivity index (χ4n) is 1.35. The van der Waals surface area contributed by atoms with Crippen LogP contribution in [0.1, 0.15) is 37.0 Å². The molecule has 2 nitrogen and oxygen atoms in total. The van der Waals surface area contributed by atoms with E-state index in [4.69, 9.17) is 5.73 Å². The molecule has 0 fully saturated rings. The summed E-state index contributed by atoms with van der Waals surface area (Å²) in [6.45, 7) is 3.97. The van der Waals surface area contributed by atoms with E-state index in [0.717, 1.165) is 0 Å². The fourth-order valence-corrected chi connectivity index (χ4v) is 1.35. The Labute approximate surface area is 83.6 Å². The van der Waals surface area contributed by atoms with Gasteiger partial charge in [0.05, 0.1) is 6.10 Å². The van der Waals surface area contributed by atoms with Crippen molar-refractivity contribution in [2.24, 2.45) is 5.73 Å². The second kappa shape index (κ2) is 4.53. The third-order valence-corrected chi connectivity index (χ3v) is 2.25. The van der Waals surface area contributed by atoms with Gasteiger partial charge < -0.3 is 10.8 Å². The minimum absolute atomic E-state index is 0.112. The molecule has 78 valence electrons. The van der Waals surface area contributed by atoms with Crippen LogP contribution in [-0.2, 0) is 0 Å². The van der Waals surface area contributed by atoms with Gasteiger partial charge in [-0.1, -0.05) is 26.0 Å². The lowest BCUT2D eigenvalue weighted by atomic mass is 9.99. The van der Waals surface area contributed by atoms with Gasteiger partial charge in [-0.25, -0.2) is 4.39 Å². The van der Waals surface area contributed by atoms with Crippen molar-refractivity contribution in [3.05, 3.63) is 35.1 Å². The lowest BCUT2D eigenvalue weighted by Crippen LogP contribution is -2.12. The highest BCUT2D eigenvalue weighted by Gasteiger charge is 2.10. The fraction of sp³-hybridized carbons (Fsp3) is 0.455. The molecule has 0 heterocycles. The molecule has 0 spiro atoms. The Bertz CT molecular complexity index is 312. The predicted molar refractivity (Wildman–Crippen MR) is 54.5 cm³/mol. The molecule has 0 bridgehead atoms. The summed E-state index contributed by atoms with van der Waals surface area (Å²) in [5, 5.41) is 9.39. The number of aliphatic hydroxyl groups excluding tert-OH is 1. The molecular weight excluding hydrogens is 181 g/mol. The summed E-state index contributed by atoms with van der Waals surface area (Å²) in [6, 6.07) is 4.77. The zero-order valence-corrected chi connectivity index (χ0v) is 8.50. The van der Waals surface area contributed by atoms with Crippen LogP contribution in [0.4, 0.5) is 4.39 Å². The maximum atomic E-state index is 13.4. The lowest BCUT2D eigenvalue weighted by Gasteiger charge is -2.11. The molecule has 1 atom stereocenters. The van der Waals surface area contributed by atoms with Crippen molar-refractivity contribution >= 4 is 0 Å². The summed E-state index contributed by atoms with van der Waals surface area (Å²) in [5.41, 5.74) is 6.48. The topological polar surface area (TPSA) is 46.2 Å². The smallest absolute Gasteiger partial charge is 0.127 e. The van der Waals surface area contributed by atoms with Crippen molar-refractivity contribution in [2.75, 3.05) is 6.54 Å². The first-order valence-electron chi connectivity index (χ1n) is 4.73. The molecule has 0 aliphatic rings. The highest BCUT2D eigenvalue weighted by Crippen LogP contribution is 2.21. The number of halogens is 1. The third kappa shape index (κ3) is 2.30. The quantitative estimate of drug-likeness (QED) is 0.777. The number of aliphatic hydroxyl groups is 1. The molecule has 0 aliphatic heterocycles. The number of rotatable bonds is 3. The third-order valence-electron chi connectivity index (χ3n) is 2.25. The summed E-state index contributed by atoms with van der Waals surface area (Å²) in [7, 11) is 0. The van der Waals surface area contributed by atoms with E-state index in [1.807, 2.05) is 13.8 Å². The molecule has 1 aromatic carbocycles. The molecule has 3 heteroatoms. The van der Waals surface area contributed by atoms with Crippen molar-refractivity contribution in [1.82, 2.24) is 0 Å². The van der Waals surface area contributed by atoms with Gasteiger partial charge in [-0.05, 0) is 23.1 Å². The van der Waals surface area contributed by atoms with Gasteiger partial charge in [-0.15, -0.1) is 0 Å². The van der Waals surface area contributed by atoms with E-state index >= 15 is 0 Å². The van der Waals surface area contributed by atoms with Gasteiger partial charge in [0, 0.05) is 6.54 Å². The maximum Gasteiger partial charge on any atom is 0.127 e. The van der Waals surface area contributed by atoms with Crippen LogP contribution in [0.3, 0.4) is 0 Å². The molecule has 14 heavy (non-hydrogen) atoms. The predicted octanol–water partition coefficient (Wildman–Crippen LogP) is 1.94. The minimum Gasteiger partial charge on any atom is -0.387 e. The Morgan fingerprint density at radius 2 is 2.07 bits per heavy atom. The summed E-state index contributed by atoms with van der Waals surface area (Å²) >= 11 is 0. The lowest BCUT2D eigenvalue weighted by molar-refractivity contribution is 0.186. The Hall–Kier alpha value is -0.930. The summed E-state index contributed by atoms with van der Waals surface area (Å²) in [4.78, 5) is 0. The van der Waals surface area contributed by atoms with E-state index < -0.39 is 6.10 Å². The maximum absolute atomic E-state index is 13.4. The molecule has 3 N–H and O–H groups in total. The molecule has 0 saturated heterocycles. The molecule has 1 aromatic rings. The highest BCUT2D eigenvalue weighted by atomic mass is 19.1. The second-order valence-corrected chi connectivity index (χ2v) is 3.69. The van der Waals surface area contributed by atoms with E-state index in [2.05, 4.69) is 0 Å². The Morgan fingerprint density at radius 3 is 2.50 bits per heavy atom. The standard InChI is InChI=1S/C11H16FNO/c1-7(2)9-4-3-8(5-10(9)12)11(14)6-13/h3-5,7,11,14H,6,13H2,1-2H3.